The van der Waals surface area contributed by atoms with E-state index in [4.69, 9.17) is 9.16 Å². The summed E-state index contributed by atoms with van der Waals surface area (Å²) in [6, 6.07) is 1.47. The number of hydrogen-bond donors (Lipinski definition) is 1. The van der Waals surface area contributed by atoms with E-state index in [1.165, 1.54) is 23.4 Å². The number of likely N-dealkylation sites (N-methyl/N-ethyl adjacent to an activating group) is 1. The van der Waals surface area contributed by atoms with Gasteiger partial charge in [0.25, 0.3) is 0 Å². The first-order valence-corrected chi connectivity index (χ1v) is 13.4. The molecule has 0 aliphatic heterocycles. The highest BCUT2D eigenvalue weighted by Crippen LogP contribution is 2.41. The highest BCUT2D eigenvalue weighted by molar-refractivity contribution is 7.10. The fourth-order valence-electron chi connectivity index (χ4n) is 2.20. The van der Waals surface area contributed by atoms with Gasteiger partial charge in [-0.15, -0.1) is 11.3 Å². The Labute approximate surface area is 178 Å². The van der Waals surface area contributed by atoms with E-state index >= 15 is 0 Å². The summed E-state index contributed by atoms with van der Waals surface area (Å²) in [6.07, 6.45) is -1.88. The van der Waals surface area contributed by atoms with Crippen LogP contribution in [-0.2, 0) is 15.1 Å². The molecule has 1 atom stereocenters. The molecule has 0 fully saturated rings. The molecular formula is C20H35F2NO4SSi. The molecule has 9 heteroatoms. The second-order valence-electron chi connectivity index (χ2n) is 9.84. The van der Waals surface area contributed by atoms with Crippen molar-refractivity contribution in [2.75, 3.05) is 20.2 Å². The third-order valence-corrected chi connectivity index (χ3v) is 10.5. The van der Waals surface area contributed by atoms with Gasteiger partial charge in [0.2, 0.25) is 0 Å². The molecule has 1 amide bonds. The average molecular weight is 452 g/mol. The highest BCUT2D eigenvalue weighted by atomic mass is 32.1. The Hall–Kier alpha value is -1.03. The maximum absolute atomic E-state index is 14.9. The van der Waals surface area contributed by atoms with Crippen molar-refractivity contribution in [1.29, 1.82) is 0 Å². The van der Waals surface area contributed by atoms with Crippen LogP contribution in [0.25, 0.3) is 0 Å². The first-order valence-electron chi connectivity index (χ1n) is 9.59. The number of carbonyl (C=O) groups excluding carboxylic acids is 1. The van der Waals surface area contributed by atoms with Gasteiger partial charge in [-0.25, -0.2) is 4.79 Å². The summed E-state index contributed by atoms with van der Waals surface area (Å²) in [7, 11) is -0.883. The van der Waals surface area contributed by atoms with Crippen LogP contribution in [0.15, 0.2) is 11.4 Å². The lowest BCUT2D eigenvalue weighted by Crippen LogP contribution is -2.43. The van der Waals surface area contributed by atoms with Gasteiger partial charge in [-0.1, -0.05) is 20.8 Å². The van der Waals surface area contributed by atoms with Crippen LogP contribution >= 0.6 is 11.3 Å². The van der Waals surface area contributed by atoms with E-state index in [0.717, 1.165) is 11.3 Å². The van der Waals surface area contributed by atoms with Gasteiger partial charge in [0, 0.05) is 12.6 Å². The minimum absolute atomic E-state index is 0.106. The molecule has 1 heterocycles. The van der Waals surface area contributed by atoms with E-state index in [1.54, 1.807) is 20.8 Å². The number of amides is 1. The number of thiophene rings is 1. The average Bonchev–Trinajstić information content (AvgIpc) is 3.01. The minimum Gasteiger partial charge on any atom is -0.444 e. The lowest BCUT2D eigenvalue weighted by atomic mass is 10.1. The molecular weight excluding hydrogens is 416 g/mol. The number of nitrogens with zero attached hydrogens (tertiary/aromatic N) is 1. The third kappa shape index (κ3) is 7.31. The van der Waals surface area contributed by atoms with Crippen LogP contribution in [0, 0.1) is 0 Å². The monoisotopic (exact) mass is 451 g/mol. The van der Waals surface area contributed by atoms with E-state index < -0.39 is 38.6 Å². The van der Waals surface area contributed by atoms with Crippen molar-refractivity contribution in [2.45, 2.75) is 77.3 Å². The predicted molar refractivity (Wildman–Crippen MR) is 115 cm³/mol. The van der Waals surface area contributed by atoms with E-state index in [9.17, 15) is 18.7 Å². The van der Waals surface area contributed by atoms with Gasteiger partial charge in [0.15, 0.2) is 8.32 Å². The minimum atomic E-state index is -3.23. The molecule has 0 saturated heterocycles. The summed E-state index contributed by atoms with van der Waals surface area (Å²) in [6.45, 7) is 14.1. The quantitative estimate of drug-likeness (QED) is 0.535. The highest BCUT2D eigenvalue weighted by Gasteiger charge is 2.43. The first-order chi connectivity index (χ1) is 12.9. The Balaban J connectivity index is 2.90. The summed E-state index contributed by atoms with van der Waals surface area (Å²) in [4.78, 5) is 13.0. The zero-order valence-electron chi connectivity index (χ0n) is 18.9. The number of carbonyl (C=O) groups is 1. The van der Waals surface area contributed by atoms with Gasteiger partial charge in [0.1, 0.15) is 12.2 Å². The molecule has 29 heavy (non-hydrogen) atoms. The van der Waals surface area contributed by atoms with E-state index in [0.29, 0.717) is 0 Å². The number of alkyl halides is 2. The Morgan fingerprint density at radius 1 is 1.24 bits per heavy atom. The number of halogens is 2. The van der Waals surface area contributed by atoms with Crippen LogP contribution in [0.1, 0.15) is 58.1 Å². The van der Waals surface area contributed by atoms with Crippen LogP contribution in [0.3, 0.4) is 0 Å². The molecule has 0 aliphatic rings. The Morgan fingerprint density at radius 3 is 2.28 bits per heavy atom. The van der Waals surface area contributed by atoms with Gasteiger partial charge >= 0.3 is 12.0 Å². The van der Waals surface area contributed by atoms with Gasteiger partial charge in [0.05, 0.1) is 17.5 Å². The number of aliphatic hydroxyl groups excluding tert-OH is 1. The maximum atomic E-state index is 14.9. The van der Waals surface area contributed by atoms with E-state index in [2.05, 4.69) is 0 Å². The summed E-state index contributed by atoms with van der Waals surface area (Å²) in [5.41, 5.74) is -0.577. The normalized spacial score (nSPS) is 14.6. The molecule has 5 nitrogen and oxygen atoms in total. The van der Waals surface area contributed by atoms with Crippen molar-refractivity contribution in [3.63, 3.8) is 0 Å². The molecule has 1 unspecified atom stereocenters. The number of hydrogen-bond acceptors (Lipinski definition) is 5. The van der Waals surface area contributed by atoms with Crippen LogP contribution in [0.5, 0.6) is 0 Å². The maximum Gasteiger partial charge on any atom is 0.410 e. The van der Waals surface area contributed by atoms with Crippen molar-refractivity contribution in [3.8, 4) is 0 Å². The summed E-state index contributed by atoms with van der Waals surface area (Å²) < 4.78 is 40.8. The molecule has 1 aromatic heterocycles. The molecule has 0 aromatic carbocycles. The molecule has 1 rings (SSSR count). The van der Waals surface area contributed by atoms with Crippen molar-refractivity contribution < 1.29 is 27.8 Å². The number of rotatable bonds is 7. The Kier molecular flexibility index (Phi) is 8.06. The van der Waals surface area contributed by atoms with Crippen molar-refractivity contribution in [3.05, 3.63) is 21.9 Å². The van der Waals surface area contributed by atoms with Gasteiger partial charge < -0.3 is 19.2 Å². The van der Waals surface area contributed by atoms with Gasteiger partial charge in [-0.3, -0.25) is 0 Å². The van der Waals surface area contributed by atoms with Crippen LogP contribution in [0.4, 0.5) is 13.6 Å². The third-order valence-electron chi connectivity index (χ3n) is 4.96. The van der Waals surface area contributed by atoms with Crippen molar-refractivity contribution in [2.24, 2.45) is 0 Å². The lowest BCUT2D eigenvalue weighted by molar-refractivity contribution is -0.0499. The van der Waals surface area contributed by atoms with Gasteiger partial charge in [-0.2, -0.15) is 8.78 Å². The Morgan fingerprint density at radius 2 is 1.79 bits per heavy atom. The Bertz CT molecular complexity index is 695. The molecule has 168 valence electrons. The summed E-state index contributed by atoms with van der Waals surface area (Å²) in [5, 5.41) is 11.9. The molecule has 0 saturated carbocycles. The SMILES string of the molecule is CN(CC(O)c1ccsc1C(F)(F)CO[Si](C)(C)C(C)(C)C)C(=O)OC(C)(C)C. The lowest BCUT2D eigenvalue weighted by Gasteiger charge is -2.37. The standard InChI is InChI=1S/C20H35F2NO4SSi/c1-18(2,3)27-17(25)23(7)12-15(24)14-10-11-28-16(14)20(21,22)13-26-29(8,9)19(4,5)6/h10-11,15,24H,12-13H2,1-9H3. The second kappa shape index (κ2) is 8.99. The molecule has 1 N–H and O–H groups in total. The summed E-state index contributed by atoms with van der Waals surface area (Å²) in [5.74, 6) is -3.23. The second-order valence-corrected chi connectivity index (χ2v) is 15.6. The molecule has 0 spiro atoms. The number of ether oxygens (including phenoxy) is 1. The van der Waals surface area contributed by atoms with E-state index in [-0.39, 0.29) is 22.0 Å². The summed E-state index contributed by atoms with van der Waals surface area (Å²) >= 11 is 0.879. The fourth-order valence-corrected chi connectivity index (χ4v) is 4.10. The van der Waals surface area contributed by atoms with Crippen LogP contribution in [0.2, 0.25) is 18.1 Å². The fraction of sp³-hybridized carbons (Fsp3) is 0.750. The van der Waals surface area contributed by atoms with Crippen molar-refractivity contribution in [1.82, 2.24) is 4.90 Å². The van der Waals surface area contributed by atoms with Crippen LogP contribution < -0.4 is 0 Å². The van der Waals surface area contributed by atoms with E-state index in [1.807, 2.05) is 33.9 Å². The first kappa shape index (κ1) is 26.0. The molecule has 1 aromatic rings. The smallest absolute Gasteiger partial charge is 0.410 e. The van der Waals surface area contributed by atoms with Crippen LogP contribution in [-0.4, -0.2) is 50.2 Å². The van der Waals surface area contributed by atoms with Gasteiger partial charge in [-0.05, 0) is 50.3 Å². The zero-order chi connectivity index (χ0) is 22.8. The molecule has 0 aliphatic carbocycles. The van der Waals surface area contributed by atoms with Crippen molar-refractivity contribution >= 4 is 25.7 Å². The largest absolute Gasteiger partial charge is 0.444 e. The zero-order valence-corrected chi connectivity index (χ0v) is 20.7. The molecule has 0 bridgehead atoms. The predicted octanol–water partition coefficient (Wildman–Crippen LogP) is 5.76. The topological polar surface area (TPSA) is 59.0 Å². The molecule has 0 radical (unpaired) electrons. The number of aliphatic hydroxyl groups is 1.